The molecule has 0 unspecified atom stereocenters. The van der Waals surface area contributed by atoms with Gasteiger partial charge in [-0.2, -0.15) is 0 Å². The SMILES string of the molecule is CCCCCCCCN1C(=O)C(=Cc2c(N3CCN(C(=O)OCC)CC3)nc3ccc(C)cn3c2=O)SC1=S. The molecule has 0 aliphatic carbocycles. The highest BCUT2D eigenvalue weighted by Crippen LogP contribution is 2.34. The molecule has 0 saturated carbocycles. The molecule has 2 aliphatic heterocycles. The van der Waals surface area contributed by atoms with Crippen LogP contribution in [0.3, 0.4) is 0 Å². The second-order valence-electron chi connectivity index (χ2n) is 9.86. The van der Waals surface area contributed by atoms with Crippen LogP contribution in [-0.2, 0) is 9.53 Å². The fourth-order valence-corrected chi connectivity index (χ4v) is 6.09. The van der Waals surface area contributed by atoms with E-state index in [0.717, 1.165) is 24.8 Å². The van der Waals surface area contributed by atoms with E-state index >= 15 is 0 Å². The molecule has 0 aromatic carbocycles. The van der Waals surface area contributed by atoms with Crippen molar-refractivity contribution in [1.29, 1.82) is 0 Å². The zero-order valence-corrected chi connectivity index (χ0v) is 24.6. The summed E-state index contributed by atoms with van der Waals surface area (Å²) in [6.07, 6.45) is 9.84. The highest BCUT2D eigenvalue weighted by molar-refractivity contribution is 8.26. The van der Waals surface area contributed by atoms with Gasteiger partial charge in [-0.25, -0.2) is 9.78 Å². The molecule has 2 fully saturated rings. The van der Waals surface area contributed by atoms with Crippen LogP contribution in [0.5, 0.6) is 0 Å². The molecule has 2 aromatic rings. The van der Waals surface area contributed by atoms with E-state index in [1.165, 1.54) is 35.4 Å². The normalized spacial score (nSPS) is 17.1. The van der Waals surface area contributed by atoms with Gasteiger partial charge >= 0.3 is 6.09 Å². The molecule has 11 heteroatoms. The lowest BCUT2D eigenvalue weighted by molar-refractivity contribution is -0.122. The summed E-state index contributed by atoms with van der Waals surface area (Å²) in [5.41, 5.74) is 1.56. The molecule has 0 bridgehead atoms. The van der Waals surface area contributed by atoms with Crippen LogP contribution < -0.4 is 10.5 Å². The largest absolute Gasteiger partial charge is 0.450 e. The molecule has 0 atom stereocenters. The molecule has 2 aromatic heterocycles. The highest BCUT2D eigenvalue weighted by atomic mass is 32.2. The number of carbonyl (C=O) groups is 2. The zero-order valence-electron chi connectivity index (χ0n) is 23.0. The third kappa shape index (κ3) is 6.81. The summed E-state index contributed by atoms with van der Waals surface area (Å²) in [7, 11) is 0. The van der Waals surface area contributed by atoms with Gasteiger partial charge in [0.15, 0.2) is 0 Å². The van der Waals surface area contributed by atoms with E-state index in [9.17, 15) is 14.4 Å². The molecule has 210 valence electrons. The van der Waals surface area contributed by atoms with E-state index in [4.69, 9.17) is 21.9 Å². The van der Waals surface area contributed by atoms with E-state index in [0.29, 0.717) is 65.6 Å². The Labute approximate surface area is 239 Å². The summed E-state index contributed by atoms with van der Waals surface area (Å²) in [4.78, 5) is 49.9. The molecule has 0 spiro atoms. The zero-order chi connectivity index (χ0) is 27.9. The number of piperazine rings is 1. The number of ether oxygens (including phenoxy) is 1. The van der Waals surface area contributed by atoms with Gasteiger partial charge in [0, 0.05) is 38.9 Å². The Balaban J connectivity index is 1.60. The van der Waals surface area contributed by atoms with Crippen LogP contribution in [0.2, 0.25) is 0 Å². The topological polar surface area (TPSA) is 87.5 Å². The molecule has 2 saturated heterocycles. The maximum atomic E-state index is 13.8. The third-order valence-electron chi connectivity index (χ3n) is 6.97. The first-order chi connectivity index (χ1) is 18.8. The Hall–Kier alpha value is -2.92. The van der Waals surface area contributed by atoms with Crippen molar-refractivity contribution in [2.24, 2.45) is 0 Å². The summed E-state index contributed by atoms with van der Waals surface area (Å²) in [6.45, 7) is 8.70. The number of unbranched alkanes of at least 4 members (excludes halogenated alkanes) is 5. The van der Waals surface area contributed by atoms with Crippen LogP contribution >= 0.6 is 24.0 Å². The van der Waals surface area contributed by atoms with Gasteiger partial charge in [0.1, 0.15) is 15.8 Å². The van der Waals surface area contributed by atoms with Crippen LogP contribution in [0.4, 0.5) is 10.6 Å². The van der Waals surface area contributed by atoms with Crippen molar-refractivity contribution in [3.63, 3.8) is 0 Å². The van der Waals surface area contributed by atoms with E-state index in [-0.39, 0.29) is 17.6 Å². The predicted octanol–water partition coefficient (Wildman–Crippen LogP) is 4.84. The lowest BCUT2D eigenvalue weighted by Crippen LogP contribution is -2.49. The van der Waals surface area contributed by atoms with Crippen molar-refractivity contribution < 1.29 is 14.3 Å². The maximum Gasteiger partial charge on any atom is 0.409 e. The number of pyridine rings is 1. The average molecular weight is 572 g/mol. The van der Waals surface area contributed by atoms with E-state index in [1.54, 1.807) is 29.0 Å². The van der Waals surface area contributed by atoms with Crippen molar-refractivity contribution in [1.82, 2.24) is 19.2 Å². The molecule has 9 nitrogen and oxygen atoms in total. The second-order valence-corrected chi connectivity index (χ2v) is 11.5. The fourth-order valence-electron chi connectivity index (χ4n) is 4.80. The van der Waals surface area contributed by atoms with Gasteiger partial charge in [-0.05, 0) is 38.0 Å². The number of amides is 2. The summed E-state index contributed by atoms with van der Waals surface area (Å²) < 4.78 is 7.19. The highest BCUT2D eigenvalue weighted by Gasteiger charge is 2.33. The standard InChI is InChI=1S/C28H37N5O4S2/c1-4-6-7-8-9-10-13-32-26(35)22(39-28(32)38)18-21-24(29-23-12-11-20(3)19-33(23)25(21)34)30-14-16-31(17-15-30)27(36)37-5-2/h11-12,18-19H,4-10,13-17H2,1-3H3. The number of hydrogen-bond donors (Lipinski definition) is 0. The molecule has 2 amide bonds. The van der Waals surface area contributed by atoms with Crippen molar-refractivity contribution in [2.75, 3.05) is 44.2 Å². The number of aromatic nitrogens is 2. The fraction of sp³-hybridized carbons (Fsp3) is 0.536. The van der Waals surface area contributed by atoms with Crippen LogP contribution in [0.25, 0.3) is 11.7 Å². The van der Waals surface area contributed by atoms with Gasteiger partial charge in [-0.15, -0.1) is 0 Å². The number of anilines is 1. The minimum absolute atomic E-state index is 0.162. The minimum Gasteiger partial charge on any atom is -0.450 e. The van der Waals surface area contributed by atoms with E-state index in [2.05, 4.69) is 6.92 Å². The molecule has 0 radical (unpaired) electrons. The smallest absolute Gasteiger partial charge is 0.409 e. The van der Waals surface area contributed by atoms with Crippen molar-refractivity contribution >= 4 is 57.8 Å². The summed E-state index contributed by atoms with van der Waals surface area (Å²) in [6, 6.07) is 3.73. The summed E-state index contributed by atoms with van der Waals surface area (Å²) in [5, 5.41) is 0. The third-order valence-corrected chi connectivity index (χ3v) is 8.35. The van der Waals surface area contributed by atoms with Gasteiger partial charge in [0.05, 0.1) is 17.1 Å². The Morgan fingerprint density at radius 3 is 2.51 bits per heavy atom. The van der Waals surface area contributed by atoms with Crippen LogP contribution in [0.1, 0.15) is 63.5 Å². The van der Waals surface area contributed by atoms with Crippen LogP contribution in [-0.4, -0.2) is 74.8 Å². The van der Waals surface area contributed by atoms with Crippen molar-refractivity contribution in [3.8, 4) is 0 Å². The maximum absolute atomic E-state index is 13.8. The van der Waals surface area contributed by atoms with Gasteiger partial charge in [0.25, 0.3) is 11.5 Å². The molecule has 2 aliphatic rings. The molecule has 4 rings (SSSR count). The Kier molecular flexibility index (Phi) is 10.0. The number of rotatable bonds is 10. The van der Waals surface area contributed by atoms with E-state index < -0.39 is 0 Å². The molecule has 0 N–H and O–H groups in total. The Bertz CT molecular complexity index is 1320. The number of fused-ring (bicyclic) bond motifs is 1. The number of aryl methyl sites for hydroxylation is 1. The predicted molar refractivity (Wildman–Crippen MR) is 160 cm³/mol. The van der Waals surface area contributed by atoms with Gasteiger partial charge in [-0.1, -0.05) is 69.1 Å². The molecule has 4 heterocycles. The number of carbonyl (C=O) groups excluding carboxylic acids is 2. The first kappa shape index (κ1) is 29.1. The average Bonchev–Trinajstić information content (AvgIpc) is 3.20. The van der Waals surface area contributed by atoms with E-state index in [1.807, 2.05) is 24.0 Å². The molecular formula is C28H37N5O4S2. The summed E-state index contributed by atoms with van der Waals surface area (Å²) in [5.74, 6) is 0.346. The van der Waals surface area contributed by atoms with Crippen LogP contribution in [0.15, 0.2) is 28.0 Å². The molecule has 39 heavy (non-hydrogen) atoms. The molecular weight excluding hydrogens is 534 g/mol. The quantitative estimate of drug-likeness (QED) is 0.227. The lowest BCUT2D eigenvalue weighted by Gasteiger charge is -2.35. The first-order valence-electron chi connectivity index (χ1n) is 13.8. The van der Waals surface area contributed by atoms with Crippen molar-refractivity contribution in [2.45, 2.75) is 59.3 Å². The van der Waals surface area contributed by atoms with Gasteiger partial charge in [0.2, 0.25) is 0 Å². The minimum atomic E-state index is -0.339. The Morgan fingerprint density at radius 1 is 1.08 bits per heavy atom. The Morgan fingerprint density at radius 2 is 1.79 bits per heavy atom. The van der Waals surface area contributed by atoms with Gasteiger partial charge in [-0.3, -0.25) is 18.9 Å². The second kappa shape index (κ2) is 13.4. The van der Waals surface area contributed by atoms with Gasteiger partial charge < -0.3 is 14.5 Å². The number of thioether (sulfide) groups is 1. The number of hydrogen-bond acceptors (Lipinski definition) is 8. The lowest BCUT2D eigenvalue weighted by atomic mass is 10.1. The van der Waals surface area contributed by atoms with Crippen molar-refractivity contribution in [3.05, 3.63) is 44.7 Å². The number of nitrogens with zero attached hydrogens (tertiary/aromatic N) is 5. The monoisotopic (exact) mass is 571 g/mol. The first-order valence-corrected chi connectivity index (χ1v) is 15.0. The van der Waals surface area contributed by atoms with Crippen LogP contribution in [0, 0.1) is 6.92 Å². The summed E-state index contributed by atoms with van der Waals surface area (Å²) >= 11 is 6.78. The number of thiocarbonyl (C=S) groups is 1.